The molecule has 4 nitrogen and oxygen atoms in total. The number of thiophene rings is 1. The Balaban J connectivity index is 2.05. The van der Waals surface area contributed by atoms with Crippen LogP contribution >= 0.6 is 11.3 Å². The summed E-state index contributed by atoms with van der Waals surface area (Å²) in [4.78, 5) is 0.613. The number of nitriles is 2. The van der Waals surface area contributed by atoms with Gasteiger partial charge in [0.2, 0.25) is 5.41 Å². The van der Waals surface area contributed by atoms with Gasteiger partial charge in [-0.1, -0.05) is 0 Å². The van der Waals surface area contributed by atoms with Crippen LogP contribution in [0.3, 0.4) is 0 Å². The molecule has 0 fully saturated rings. The maximum atomic E-state index is 14.4. The fourth-order valence-electron chi connectivity index (χ4n) is 5.35. The van der Waals surface area contributed by atoms with Gasteiger partial charge in [0, 0.05) is 10.6 Å². The maximum Gasteiger partial charge on any atom is 0.408 e. The molecule has 0 saturated carbocycles. The number of aryl methyl sites for hydroxylation is 1. The van der Waals surface area contributed by atoms with Crippen LogP contribution in [0.2, 0.25) is 0 Å². The van der Waals surface area contributed by atoms with E-state index in [-0.39, 0.29) is 29.0 Å². The summed E-state index contributed by atoms with van der Waals surface area (Å²) in [7, 11) is 0. The van der Waals surface area contributed by atoms with Crippen molar-refractivity contribution in [2.24, 2.45) is 17.1 Å². The molecule has 3 aliphatic rings. The van der Waals surface area contributed by atoms with E-state index in [2.05, 4.69) is 5.32 Å². The minimum absolute atomic E-state index is 0.00440. The second-order valence-corrected chi connectivity index (χ2v) is 9.30. The molecule has 0 aromatic carbocycles. The van der Waals surface area contributed by atoms with Gasteiger partial charge in [-0.2, -0.15) is 36.9 Å². The van der Waals surface area contributed by atoms with Crippen molar-refractivity contribution in [1.29, 1.82) is 10.5 Å². The zero-order valence-electron chi connectivity index (χ0n) is 16.2. The first-order chi connectivity index (χ1) is 14.4. The molecule has 2 unspecified atom stereocenters. The summed E-state index contributed by atoms with van der Waals surface area (Å²) in [6.07, 6.45) is -9.34. The Morgan fingerprint density at radius 2 is 1.61 bits per heavy atom. The number of fused-ring (bicyclic) bond motifs is 1. The van der Waals surface area contributed by atoms with Crippen LogP contribution in [0.4, 0.5) is 26.3 Å². The van der Waals surface area contributed by atoms with Gasteiger partial charge >= 0.3 is 12.4 Å². The van der Waals surface area contributed by atoms with Gasteiger partial charge < -0.3 is 11.1 Å². The molecular weight excluding hydrogens is 442 g/mol. The first-order valence-corrected chi connectivity index (χ1v) is 10.6. The van der Waals surface area contributed by atoms with Crippen molar-refractivity contribution in [3.8, 4) is 12.1 Å². The lowest BCUT2D eigenvalue weighted by Crippen LogP contribution is -2.70. The van der Waals surface area contributed by atoms with Crippen molar-refractivity contribution in [3.63, 3.8) is 0 Å². The van der Waals surface area contributed by atoms with Crippen LogP contribution in [-0.2, 0) is 18.5 Å². The lowest BCUT2D eigenvalue weighted by Gasteiger charge is -2.52. The van der Waals surface area contributed by atoms with Crippen LogP contribution in [0, 0.1) is 34.0 Å². The molecule has 3 N–H and O–H groups in total. The lowest BCUT2D eigenvalue weighted by atomic mass is 9.61. The predicted octanol–water partition coefficient (Wildman–Crippen LogP) is 4.90. The largest absolute Gasteiger partial charge is 0.408 e. The molecule has 0 amide bonds. The molecule has 2 aliphatic carbocycles. The van der Waals surface area contributed by atoms with Crippen molar-refractivity contribution in [1.82, 2.24) is 5.32 Å². The van der Waals surface area contributed by atoms with Gasteiger partial charge in [-0.15, -0.1) is 11.3 Å². The molecule has 31 heavy (non-hydrogen) atoms. The minimum Gasteiger partial charge on any atom is -0.365 e. The van der Waals surface area contributed by atoms with Crippen molar-refractivity contribution in [2.45, 2.75) is 63.0 Å². The van der Waals surface area contributed by atoms with Crippen LogP contribution in [0.15, 0.2) is 11.3 Å². The summed E-state index contributed by atoms with van der Waals surface area (Å²) in [5, 5.41) is 22.2. The molecule has 0 saturated heterocycles. The Bertz CT molecular complexity index is 1020. The summed E-state index contributed by atoms with van der Waals surface area (Å²) < 4.78 is 86.3. The van der Waals surface area contributed by atoms with Gasteiger partial charge in [-0.05, 0) is 56.1 Å². The highest BCUT2D eigenvalue weighted by molar-refractivity contribution is 7.12. The number of rotatable bonds is 1. The SMILES string of the molecule is N#Cc1c(C2(N)NC3=C(CCC3)C(C(F)(F)F)(C(F)(F)F)C2C#N)sc2c1CCCC2. The fourth-order valence-corrected chi connectivity index (χ4v) is 6.78. The third-order valence-electron chi connectivity index (χ3n) is 6.62. The highest BCUT2D eigenvalue weighted by Gasteiger charge is 2.81. The first-order valence-electron chi connectivity index (χ1n) is 9.81. The van der Waals surface area contributed by atoms with E-state index in [1.807, 2.05) is 6.07 Å². The molecule has 11 heteroatoms. The lowest BCUT2D eigenvalue weighted by molar-refractivity contribution is -0.346. The van der Waals surface area contributed by atoms with E-state index in [9.17, 15) is 36.9 Å². The Morgan fingerprint density at radius 1 is 0.968 bits per heavy atom. The third kappa shape index (κ3) is 2.76. The van der Waals surface area contributed by atoms with Crippen molar-refractivity contribution < 1.29 is 26.3 Å². The van der Waals surface area contributed by atoms with E-state index in [1.165, 1.54) is 6.07 Å². The Labute approximate surface area is 178 Å². The van der Waals surface area contributed by atoms with Crippen LogP contribution in [0.1, 0.15) is 53.0 Å². The zero-order chi connectivity index (χ0) is 22.8. The molecule has 2 atom stereocenters. The van der Waals surface area contributed by atoms with Crippen molar-refractivity contribution in [2.75, 3.05) is 0 Å². The standard InChI is InChI=1S/C20H18F6N4S/c21-19(22,23)17(20(24,25)26)12-5-3-6-13(12)30-18(29,15(17)9-28)16-11(8-27)10-4-1-2-7-14(10)31-16/h15,30H,1-7,29H2. The highest BCUT2D eigenvalue weighted by atomic mass is 32.1. The van der Waals surface area contributed by atoms with Gasteiger partial charge in [0.1, 0.15) is 17.6 Å². The molecule has 1 aliphatic heterocycles. The Morgan fingerprint density at radius 3 is 2.19 bits per heavy atom. The molecule has 166 valence electrons. The molecule has 0 bridgehead atoms. The number of nitrogens with zero attached hydrogens (tertiary/aromatic N) is 2. The maximum absolute atomic E-state index is 14.4. The summed E-state index contributed by atoms with van der Waals surface area (Å²) in [6.45, 7) is 0. The van der Waals surface area contributed by atoms with Gasteiger partial charge in [0.05, 0.1) is 16.5 Å². The Kier molecular flexibility index (Phi) is 4.88. The second kappa shape index (κ2) is 6.88. The normalized spacial score (nSPS) is 27.7. The van der Waals surface area contributed by atoms with Crippen molar-refractivity contribution in [3.05, 3.63) is 32.2 Å². The summed E-state index contributed by atoms with van der Waals surface area (Å²) in [5.41, 5.74) is -1.04. The minimum atomic E-state index is -5.80. The van der Waals surface area contributed by atoms with E-state index in [4.69, 9.17) is 5.73 Å². The second-order valence-electron chi connectivity index (χ2n) is 8.20. The first kappa shape index (κ1) is 22.0. The molecule has 0 radical (unpaired) electrons. The van der Waals surface area contributed by atoms with Crippen LogP contribution in [-0.4, -0.2) is 12.4 Å². The van der Waals surface area contributed by atoms with Crippen molar-refractivity contribution >= 4 is 11.3 Å². The monoisotopic (exact) mass is 460 g/mol. The van der Waals surface area contributed by atoms with Gasteiger partial charge in [0.25, 0.3) is 0 Å². The number of nitrogens with two attached hydrogens (primary N) is 1. The van der Waals surface area contributed by atoms with E-state index >= 15 is 0 Å². The van der Waals surface area contributed by atoms with Crippen LogP contribution in [0.5, 0.6) is 0 Å². The van der Waals surface area contributed by atoms with Gasteiger partial charge in [-0.25, -0.2) is 0 Å². The van der Waals surface area contributed by atoms with Crippen LogP contribution in [0.25, 0.3) is 0 Å². The van der Waals surface area contributed by atoms with Crippen LogP contribution < -0.4 is 11.1 Å². The third-order valence-corrected chi connectivity index (χ3v) is 8.07. The molecule has 2 heterocycles. The summed E-state index contributed by atoms with van der Waals surface area (Å²) >= 11 is 0.949. The molecule has 0 spiro atoms. The van der Waals surface area contributed by atoms with Gasteiger partial charge in [0.15, 0.2) is 0 Å². The number of halogens is 6. The number of hydrogen-bond acceptors (Lipinski definition) is 5. The van der Waals surface area contributed by atoms with E-state index in [0.29, 0.717) is 18.4 Å². The van der Waals surface area contributed by atoms with E-state index in [1.54, 1.807) is 0 Å². The van der Waals surface area contributed by atoms with E-state index < -0.39 is 41.3 Å². The number of hydrogen-bond donors (Lipinski definition) is 2. The quantitative estimate of drug-likeness (QED) is 0.584. The summed E-state index contributed by atoms with van der Waals surface area (Å²) in [6, 6.07) is 3.21. The zero-order valence-corrected chi connectivity index (χ0v) is 17.0. The summed E-state index contributed by atoms with van der Waals surface area (Å²) in [5.74, 6) is -2.73. The number of alkyl halides is 6. The Hall–Kier alpha value is -2.24. The molecular formula is C20H18F6N4S. The number of allylic oxidation sites excluding steroid dienone is 2. The molecule has 1 aromatic heterocycles. The molecule has 4 rings (SSSR count). The fraction of sp³-hybridized carbons (Fsp3) is 0.600. The smallest absolute Gasteiger partial charge is 0.365 e. The average molecular weight is 460 g/mol. The topological polar surface area (TPSA) is 85.6 Å². The average Bonchev–Trinajstić information content (AvgIpc) is 3.28. The molecule has 1 aromatic rings. The predicted molar refractivity (Wildman–Crippen MR) is 99.2 cm³/mol. The van der Waals surface area contributed by atoms with E-state index in [0.717, 1.165) is 29.1 Å². The number of nitrogens with one attached hydrogen (secondary N) is 1. The van der Waals surface area contributed by atoms with Gasteiger partial charge in [-0.3, -0.25) is 0 Å². The highest BCUT2D eigenvalue weighted by Crippen LogP contribution is 2.67.